The van der Waals surface area contributed by atoms with Gasteiger partial charge in [-0.25, -0.2) is 0 Å². The highest BCUT2D eigenvalue weighted by molar-refractivity contribution is 6.17. The summed E-state index contributed by atoms with van der Waals surface area (Å²) in [5, 5.41) is 3.43. The molecule has 35 heavy (non-hydrogen) atoms. The van der Waals surface area contributed by atoms with E-state index in [0.717, 1.165) is 0 Å². The normalized spacial score (nSPS) is 12.5. The van der Waals surface area contributed by atoms with Crippen molar-refractivity contribution in [1.29, 1.82) is 0 Å². The zero-order valence-corrected chi connectivity index (χ0v) is 19.7. The van der Waals surface area contributed by atoms with Crippen molar-refractivity contribution in [3.8, 4) is 17.2 Å². The van der Waals surface area contributed by atoms with E-state index in [1.54, 1.807) is 36.4 Å². The summed E-state index contributed by atoms with van der Waals surface area (Å²) in [5.74, 6) is 0.898. The van der Waals surface area contributed by atoms with Crippen LogP contribution in [0.15, 0.2) is 71.1 Å². The first-order valence-electron chi connectivity index (χ1n) is 11.3. The van der Waals surface area contributed by atoms with E-state index >= 15 is 0 Å². The quantitative estimate of drug-likeness (QED) is 0.363. The van der Waals surface area contributed by atoms with Gasteiger partial charge in [-0.05, 0) is 53.4 Å². The van der Waals surface area contributed by atoms with Crippen LogP contribution in [0.25, 0.3) is 11.0 Å². The number of furan rings is 1. The van der Waals surface area contributed by atoms with E-state index in [-0.39, 0.29) is 30.4 Å². The van der Waals surface area contributed by atoms with Gasteiger partial charge in [0.1, 0.15) is 11.3 Å². The van der Waals surface area contributed by atoms with Crippen molar-refractivity contribution >= 4 is 28.3 Å². The van der Waals surface area contributed by atoms with E-state index in [2.05, 4.69) is 26.1 Å². The summed E-state index contributed by atoms with van der Waals surface area (Å²) in [6.45, 7) is 6.29. The molecule has 0 saturated carbocycles. The van der Waals surface area contributed by atoms with E-state index in [1.165, 1.54) is 5.56 Å². The Morgan fingerprint density at radius 3 is 2.46 bits per heavy atom. The summed E-state index contributed by atoms with van der Waals surface area (Å²) in [6, 6.07) is 19.7. The highest BCUT2D eigenvalue weighted by Gasteiger charge is 2.25. The van der Waals surface area contributed by atoms with Gasteiger partial charge in [0.05, 0.1) is 5.69 Å². The van der Waals surface area contributed by atoms with Crippen LogP contribution in [-0.4, -0.2) is 25.1 Å². The number of rotatable bonds is 6. The molecule has 0 aliphatic carbocycles. The van der Waals surface area contributed by atoms with Crippen molar-refractivity contribution in [1.82, 2.24) is 0 Å². The maximum absolute atomic E-state index is 13.3. The topological polar surface area (TPSA) is 87.0 Å². The van der Waals surface area contributed by atoms with Crippen molar-refractivity contribution in [2.24, 2.45) is 0 Å². The number of para-hydroxylation sites is 1. The van der Waals surface area contributed by atoms with Gasteiger partial charge >= 0.3 is 0 Å². The Hall–Kier alpha value is -4.26. The lowest BCUT2D eigenvalue weighted by Gasteiger charge is -2.19. The van der Waals surface area contributed by atoms with Gasteiger partial charge in [0.2, 0.25) is 12.6 Å². The van der Waals surface area contributed by atoms with Gasteiger partial charge in [-0.2, -0.15) is 0 Å². The molecule has 1 aliphatic heterocycles. The fourth-order valence-electron chi connectivity index (χ4n) is 3.87. The molecule has 0 atom stereocenters. The van der Waals surface area contributed by atoms with Crippen LogP contribution in [0.3, 0.4) is 0 Å². The minimum absolute atomic E-state index is 0.0269. The van der Waals surface area contributed by atoms with Crippen LogP contribution in [-0.2, 0) is 10.2 Å². The van der Waals surface area contributed by atoms with Crippen molar-refractivity contribution in [2.75, 3.05) is 18.7 Å². The Morgan fingerprint density at radius 1 is 0.943 bits per heavy atom. The van der Waals surface area contributed by atoms with Crippen molar-refractivity contribution in [3.63, 3.8) is 0 Å². The molecule has 7 heteroatoms. The SMILES string of the molecule is CC(C)(C)c1ccc(OCC(=O)Nc2c(C(=O)c3ccc4c(c3)OCO4)oc3ccccc23)cc1. The second kappa shape index (κ2) is 8.83. The number of hydrogen-bond acceptors (Lipinski definition) is 6. The number of carbonyl (C=O) groups excluding carboxylic acids is 2. The van der Waals surface area contributed by atoms with Crippen LogP contribution in [0.5, 0.6) is 17.2 Å². The van der Waals surface area contributed by atoms with Gasteiger partial charge in [0.15, 0.2) is 23.9 Å². The van der Waals surface area contributed by atoms with Crippen molar-refractivity contribution in [3.05, 3.63) is 83.6 Å². The lowest BCUT2D eigenvalue weighted by molar-refractivity contribution is -0.118. The van der Waals surface area contributed by atoms with E-state index < -0.39 is 5.91 Å². The monoisotopic (exact) mass is 471 g/mol. The number of fused-ring (bicyclic) bond motifs is 2. The summed E-state index contributed by atoms with van der Waals surface area (Å²) in [5.41, 5.74) is 2.36. The first-order valence-corrected chi connectivity index (χ1v) is 11.3. The molecule has 1 aliphatic rings. The van der Waals surface area contributed by atoms with E-state index in [4.69, 9.17) is 18.6 Å². The smallest absolute Gasteiger partial charge is 0.262 e. The van der Waals surface area contributed by atoms with Gasteiger partial charge < -0.3 is 23.9 Å². The number of hydrogen-bond donors (Lipinski definition) is 1. The van der Waals surface area contributed by atoms with Gasteiger partial charge in [-0.3, -0.25) is 9.59 Å². The number of nitrogens with one attached hydrogen (secondary N) is 1. The van der Waals surface area contributed by atoms with Gasteiger partial charge in [-0.1, -0.05) is 45.0 Å². The standard InChI is InChI=1S/C28H25NO6/c1-28(2,3)18-9-11-19(12-10-18)32-15-24(30)29-25-20-6-4-5-7-21(20)35-27(25)26(31)17-8-13-22-23(14-17)34-16-33-22/h4-14H,15-16H2,1-3H3,(H,29,30). The predicted octanol–water partition coefficient (Wildman–Crippen LogP) is 5.71. The minimum atomic E-state index is -0.406. The third-order valence-electron chi connectivity index (χ3n) is 5.79. The first kappa shape index (κ1) is 22.5. The number of benzene rings is 3. The Morgan fingerprint density at radius 2 is 1.69 bits per heavy atom. The molecule has 0 radical (unpaired) electrons. The summed E-state index contributed by atoms with van der Waals surface area (Å²) in [6.07, 6.45) is 0. The maximum Gasteiger partial charge on any atom is 0.262 e. The van der Waals surface area contributed by atoms with Crippen LogP contribution < -0.4 is 19.5 Å². The summed E-state index contributed by atoms with van der Waals surface area (Å²) < 4.78 is 22.2. The van der Waals surface area contributed by atoms with Crippen molar-refractivity contribution in [2.45, 2.75) is 26.2 Å². The lowest BCUT2D eigenvalue weighted by atomic mass is 9.87. The van der Waals surface area contributed by atoms with Crippen LogP contribution in [0, 0.1) is 0 Å². The summed E-state index contributed by atoms with van der Waals surface area (Å²) >= 11 is 0. The minimum Gasteiger partial charge on any atom is -0.484 e. The second-order valence-corrected chi connectivity index (χ2v) is 9.31. The molecule has 178 valence electrons. The van der Waals surface area contributed by atoms with Crippen molar-refractivity contribution < 1.29 is 28.2 Å². The molecule has 2 heterocycles. The zero-order valence-electron chi connectivity index (χ0n) is 19.7. The maximum atomic E-state index is 13.3. The number of carbonyl (C=O) groups is 2. The number of amides is 1. The Bertz CT molecular complexity index is 1410. The third-order valence-corrected chi connectivity index (χ3v) is 5.79. The Balaban J connectivity index is 1.36. The summed E-state index contributed by atoms with van der Waals surface area (Å²) in [7, 11) is 0. The number of ether oxygens (including phenoxy) is 3. The lowest BCUT2D eigenvalue weighted by Crippen LogP contribution is -2.21. The molecule has 1 aromatic heterocycles. The molecule has 4 aromatic rings. The Labute approximate surface area is 202 Å². The van der Waals surface area contributed by atoms with Gasteiger partial charge in [0, 0.05) is 10.9 Å². The van der Waals surface area contributed by atoms with Crippen LogP contribution in [0.4, 0.5) is 5.69 Å². The van der Waals surface area contributed by atoms with Gasteiger partial charge in [-0.15, -0.1) is 0 Å². The van der Waals surface area contributed by atoms with Gasteiger partial charge in [0.25, 0.3) is 5.91 Å². The molecular weight excluding hydrogens is 446 g/mol. The summed E-state index contributed by atoms with van der Waals surface area (Å²) in [4.78, 5) is 26.1. The average molecular weight is 472 g/mol. The first-order chi connectivity index (χ1) is 16.8. The fourth-order valence-corrected chi connectivity index (χ4v) is 3.87. The van der Waals surface area contributed by atoms with E-state index in [1.807, 2.05) is 30.3 Å². The molecule has 1 amide bonds. The van der Waals surface area contributed by atoms with E-state index in [9.17, 15) is 9.59 Å². The Kier molecular flexibility index (Phi) is 5.68. The largest absolute Gasteiger partial charge is 0.484 e. The zero-order chi connectivity index (χ0) is 24.6. The highest BCUT2D eigenvalue weighted by Crippen LogP contribution is 2.36. The number of anilines is 1. The fraction of sp³-hybridized carbons (Fsp3) is 0.214. The van der Waals surface area contributed by atoms with Crippen LogP contribution >= 0.6 is 0 Å². The molecule has 7 nitrogen and oxygen atoms in total. The molecule has 0 saturated heterocycles. The highest BCUT2D eigenvalue weighted by atomic mass is 16.7. The van der Waals surface area contributed by atoms with E-state index in [0.29, 0.717) is 39.5 Å². The molecule has 1 N–H and O–H groups in total. The third kappa shape index (κ3) is 4.57. The molecule has 3 aromatic carbocycles. The predicted molar refractivity (Wildman–Crippen MR) is 131 cm³/mol. The average Bonchev–Trinajstić information content (AvgIpc) is 3.46. The molecule has 0 unspecified atom stereocenters. The second-order valence-electron chi connectivity index (χ2n) is 9.31. The van der Waals surface area contributed by atoms with Crippen LogP contribution in [0.2, 0.25) is 0 Å². The molecule has 0 bridgehead atoms. The molecular formula is C28H25NO6. The molecule has 5 rings (SSSR count). The molecule has 0 fully saturated rings. The number of ketones is 1. The molecule has 0 spiro atoms. The van der Waals surface area contributed by atoms with Crippen LogP contribution in [0.1, 0.15) is 42.5 Å².